The highest BCUT2D eigenvalue weighted by Crippen LogP contribution is 2.12. The summed E-state index contributed by atoms with van der Waals surface area (Å²) in [5.41, 5.74) is 7.54. The molecule has 0 aromatic heterocycles. The van der Waals surface area contributed by atoms with E-state index in [0.29, 0.717) is 19.8 Å². The number of benzene rings is 1. The van der Waals surface area contributed by atoms with E-state index in [1.54, 1.807) is 7.11 Å². The first-order valence-corrected chi connectivity index (χ1v) is 6.76. The molecule has 0 aliphatic heterocycles. The zero-order valence-electron chi connectivity index (χ0n) is 12.4. The van der Waals surface area contributed by atoms with Crippen molar-refractivity contribution in [2.75, 3.05) is 25.6 Å². The van der Waals surface area contributed by atoms with Crippen molar-refractivity contribution >= 4 is 11.6 Å². The normalized spacial score (nSPS) is 12.4. The molecule has 1 unspecified atom stereocenters. The van der Waals surface area contributed by atoms with E-state index in [1.165, 1.54) is 0 Å². The van der Waals surface area contributed by atoms with Crippen LogP contribution in [0.5, 0.6) is 0 Å². The molecule has 1 aromatic carbocycles. The van der Waals surface area contributed by atoms with Crippen molar-refractivity contribution in [1.82, 2.24) is 0 Å². The molecule has 0 saturated heterocycles. The van der Waals surface area contributed by atoms with Crippen LogP contribution in [0.25, 0.3) is 0 Å². The molecule has 0 saturated carbocycles. The first kappa shape index (κ1) is 16.6. The molecule has 0 spiro atoms. The van der Waals surface area contributed by atoms with E-state index in [2.05, 4.69) is 5.32 Å². The number of carbonyl (C=O) groups excluding carboxylic acids is 1. The summed E-state index contributed by atoms with van der Waals surface area (Å²) in [4.78, 5) is 11.9. The predicted octanol–water partition coefficient (Wildman–Crippen LogP) is 1.77. The fraction of sp³-hybridized carbons (Fsp3) is 0.533. The molecule has 0 radical (unpaired) electrons. The monoisotopic (exact) mass is 280 g/mol. The van der Waals surface area contributed by atoms with Crippen LogP contribution < -0.4 is 11.1 Å². The number of anilines is 1. The highest BCUT2D eigenvalue weighted by atomic mass is 16.5. The molecule has 1 amide bonds. The summed E-state index contributed by atoms with van der Waals surface area (Å²) in [7, 11) is 1.64. The molecule has 0 heterocycles. The minimum absolute atomic E-state index is 0.107. The average Bonchev–Trinajstić information content (AvgIpc) is 2.43. The second-order valence-corrected chi connectivity index (χ2v) is 5.00. The van der Waals surface area contributed by atoms with Gasteiger partial charge < -0.3 is 20.5 Å². The van der Waals surface area contributed by atoms with E-state index < -0.39 is 6.04 Å². The molecular formula is C15H24N2O3. The highest BCUT2D eigenvalue weighted by Gasteiger charge is 2.17. The van der Waals surface area contributed by atoms with Crippen molar-refractivity contribution in [2.45, 2.75) is 26.5 Å². The SMILES string of the molecule is COCCOCc1cccc(NC(=O)C(N)C(C)C)c1. The molecular weight excluding hydrogens is 256 g/mol. The van der Waals surface area contributed by atoms with E-state index in [1.807, 2.05) is 38.1 Å². The lowest BCUT2D eigenvalue weighted by molar-refractivity contribution is -0.118. The molecule has 5 heteroatoms. The molecule has 0 aliphatic carbocycles. The third kappa shape index (κ3) is 5.69. The molecule has 5 nitrogen and oxygen atoms in total. The Morgan fingerprint density at radius 1 is 1.35 bits per heavy atom. The number of ether oxygens (including phenoxy) is 2. The summed E-state index contributed by atoms with van der Waals surface area (Å²) in [6.45, 7) is 5.45. The summed E-state index contributed by atoms with van der Waals surface area (Å²) in [6.07, 6.45) is 0. The van der Waals surface area contributed by atoms with Gasteiger partial charge in [0.2, 0.25) is 5.91 Å². The quantitative estimate of drug-likeness (QED) is 0.712. The van der Waals surface area contributed by atoms with Crippen LogP contribution in [0.2, 0.25) is 0 Å². The lowest BCUT2D eigenvalue weighted by Crippen LogP contribution is -2.39. The maximum absolute atomic E-state index is 11.9. The van der Waals surface area contributed by atoms with Gasteiger partial charge in [-0.15, -0.1) is 0 Å². The van der Waals surface area contributed by atoms with Gasteiger partial charge in [-0.25, -0.2) is 0 Å². The zero-order chi connectivity index (χ0) is 15.0. The fourth-order valence-corrected chi connectivity index (χ4v) is 1.60. The molecule has 112 valence electrons. The Kier molecular flexibility index (Phi) is 7.22. The Hall–Kier alpha value is -1.43. The van der Waals surface area contributed by atoms with Gasteiger partial charge in [0.15, 0.2) is 0 Å². The van der Waals surface area contributed by atoms with E-state index >= 15 is 0 Å². The lowest BCUT2D eigenvalue weighted by Gasteiger charge is -2.15. The second kappa shape index (κ2) is 8.68. The Morgan fingerprint density at radius 3 is 2.75 bits per heavy atom. The van der Waals surface area contributed by atoms with Gasteiger partial charge in [0.1, 0.15) is 0 Å². The number of hydrogen-bond acceptors (Lipinski definition) is 4. The summed E-state index contributed by atoms with van der Waals surface area (Å²) in [5.74, 6) is -0.0620. The van der Waals surface area contributed by atoms with Gasteiger partial charge in [-0.1, -0.05) is 26.0 Å². The number of nitrogens with two attached hydrogens (primary N) is 1. The third-order valence-electron chi connectivity index (χ3n) is 2.92. The standard InChI is InChI=1S/C15H24N2O3/c1-11(2)14(16)15(18)17-13-6-4-5-12(9-13)10-20-8-7-19-3/h4-6,9,11,14H,7-8,10,16H2,1-3H3,(H,17,18). The Labute approximate surface area is 120 Å². The second-order valence-electron chi connectivity index (χ2n) is 5.00. The number of amides is 1. The maximum atomic E-state index is 11.9. The molecule has 1 aromatic rings. The van der Waals surface area contributed by atoms with Gasteiger partial charge >= 0.3 is 0 Å². The Bertz CT molecular complexity index is 421. The number of carbonyl (C=O) groups is 1. The number of methoxy groups -OCH3 is 1. The van der Waals surface area contributed by atoms with Crippen molar-refractivity contribution in [3.8, 4) is 0 Å². The first-order chi connectivity index (χ1) is 9.54. The number of nitrogens with one attached hydrogen (secondary N) is 1. The van der Waals surface area contributed by atoms with Crippen molar-refractivity contribution in [3.05, 3.63) is 29.8 Å². The van der Waals surface area contributed by atoms with Crippen molar-refractivity contribution in [1.29, 1.82) is 0 Å². The van der Waals surface area contributed by atoms with E-state index in [4.69, 9.17) is 15.2 Å². The highest BCUT2D eigenvalue weighted by molar-refractivity contribution is 5.94. The van der Waals surface area contributed by atoms with Crippen molar-refractivity contribution in [2.24, 2.45) is 11.7 Å². The molecule has 3 N–H and O–H groups in total. The van der Waals surface area contributed by atoms with Crippen LogP contribution in [-0.4, -0.2) is 32.3 Å². The van der Waals surface area contributed by atoms with Crippen LogP contribution in [0, 0.1) is 5.92 Å². The molecule has 1 rings (SSSR count). The van der Waals surface area contributed by atoms with Gasteiger partial charge in [-0.2, -0.15) is 0 Å². The minimum Gasteiger partial charge on any atom is -0.382 e. The maximum Gasteiger partial charge on any atom is 0.241 e. The Morgan fingerprint density at radius 2 is 2.10 bits per heavy atom. The average molecular weight is 280 g/mol. The lowest BCUT2D eigenvalue weighted by atomic mass is 10.0. The first-order valence-electron chi connectivity index (χ1n) is 6.76. The number of hydrogen-bond donors (Lipinski definition) is 2. The molecule has 0 fully saturated rings. The van der Waals surface area contributed by atoms with E-state index in [9.17, 15) is 4.79 Å². The largest absolute Gasteiger partial charge is 0.382 e. The third-order valence-corrected chi connectivity index (χ3v) is 2.92. The summed E-state index contributed by atoms with van der Waals surface area (Å²) in [5, 5.41) is 2.82. The van der Waals surface area contributed by atoms with Crippen LogP contribution >= 0.6 is 0 Å². The van der Waals surface area contributed by atoms with Crippen molar-refractivity contribution < 1.29 is 14.3 Å². The number of rotatable bonds is 8. The van der Waals surface area contributed by atoms with Gasteiger partial charge in [-0.3, -0.25) is 4.79 Å². The predicted molar refractivity (Wildman–Crippen MR) is 79.4 cm³/mol. The summed E-state index contributed by atoms with van der Waals surface area (Å²) in [6, 6.07) is 7.05. The summed E-state index contributed by atoms with van der Waals surface area (Å²) >= 11 is 0. The van der Waals surface area contributed by atoms with Gasteiger partial charge in [0.25, 0.3) is 0 Å². The van der Waals surface area contributed by atoms with E-state index in [-0.39, 0.29) is 11.8 Å². The van der Waals surface area contributed by atoms with Gasteiger partial charge in [-0.05, 0) is 23.6 Å². The fourth-order valence-electron chi connectivity index (χ4n) is 1.60. The van der Waals surface area contributed by atoms with Gasteiger partial charge in [0.05, 0.1) is 25.9 Å². The Balaban J connectivity index is 2.53. The van der Waals surface area contributed by atoms with Crippen LogP contribution in [0.3, 0.4) is 0 Å². The van der Waals surface area contributed by atoms with Crippen LogP contribution in [0.4, 0.5) is 5.69 Å². The van der Waals surface area contributed by atoms with E-state index in [0.717, 1.165) is 11.3 Å². The van der Waals surface area contributed by atoms with Crippen molar-refractivity contribution in [3.63, 3.8) is 0 Å². The zero-order valence-corrected chi connectivity index (χ0v) is 12.4. The molecule has 20 heavy (non-hydrogen) atoms. The van der Waals surface area contributed by atoms with Crippen LogP contribution in [-0.2, 0) is 20.9 Å². The summed E-state index contributed by atoms with van der Waals surface area (Å²) < 4.78 is 10.4. The molecule has 1 atom stereocenters. The van der Waals surface area contributed by atoms with Crippen LogP contribution in [0.15, 0.2) is 24.3 Å². The van der Waals surface area contributed by atoms with Crippen LogP contribution in [0.1, 0.15) is 19.4 Å². The van der Waals surface area contributed by atoms with Gasteiger partial charge in [0, 0.05) is 12.8 Å². The smallest absolute Gasteiger partial charge is 0.241 e. The molecule has 0 bridgehead atoms. The minimum atomic E-state index is -0.503. The molecule has 0 aliphatic rings. The topological polar surface area (TPSA) is 73.6 Å².